The van der Waals surface area contributed by atoms with Gasteiger partial charge in [-0.05, 0) is 19.8 Å². The smallest absolute Gasteiger partial charge is 0.253 e. The highest BCUT2D eigenvalue weighted by molar-refractivity contribution is 5.97. The van der Waals surface area contributed by atoms with Gasteiger partial charge < -0.3 is 9.64 Å². The van der Waals surface area contributed by atoms with Gasteiger partial charge in [0, 0.05) is 19.0 Å². The molecule has 0 aromatic heterocycles. The number of likely N-dealkylation sites (N-methyl/N-ethyl adjacent to an activating group) is 1. The summed E-state index contributed by atoms with van der Waals surface area (Å²) in [6, 6.07) is 0. The highest BCUT2D eigenvalue weighted by Gasteiger charge is 2.48. The lowest BCUT2D eigenvalue weighted by Crippen LogP contribution is -2.29. The molecule has 0 aromatic rings. The highest BCUT2D eigenvalue weighted by atomic mass is 16.5. The van der Waals surface area contributed by atoms with E-state index >= 15 is 0 Å². The number of hydrogen-bond acceptors (Lipinski definition) is 2. The van der Waals surface area contributed by atoms with E-state index in [0.29, 0.717) is 0 Å². The fraction of sp³-hybridized carbons (Fsp3) is 0.769. The second kappa shape index (κ2) is 4.11. The lowest BCUT2D eigenvalue weighted by atomic mass is 9.70. The van der Waals surface area contributed by atoms with Gasteiger partial charge in [0.05, 0.1) is 12.7 Å². The molecule has 16 heavy (non-hydrogen) atoms. The van der Waals surface area contributed by atoms with Gasteiger partial charge in [-0.3, -0.25) is 4.79 Å². The van der Waals surface area contributed by atoms with E-state index in [1.54, 1.807) is 7.11 Å². The maximum absolute atomic E-state index is 12.2. The summed E-state index contributed by atoms with van der Waals surface area (Å²) in [4.78, 5) is 14.0. The van der Waals surface area contributed by atoms with E-state index in [2.05, 4.69) is 0 Å². The fourth-order valence-corrected chi connectivity index (χ4v) is 3.29. The summed E-state index contributed by atoms with van der Waals surface area (Å²) in [5.41, 5.74) is 1.03. The van der Waals surface area contributed by atoms with Crippen molar-refractivity contribution in [1.29, 1.82) is 0 Å². The molecule has 90 valence electrons. The number of allylic oxidation sites excluding steroid dienone is 1. The van der Waals surface area contributed by atoms with E-state index < -0.39 is 0 Å². The van der Waals surface area contributed by atoms with Crippen LogP contribution in [0.3, 0.4) is 0 Å². The molecule has 2 fully saturated rings. The standard InChI is InChI=1S/C13H21NO2/c1-10(16-3)11-12(15)14(2)9-13(11)7-5-4-6-8-13/h4-9H2,1-3H3/b11-10-. The van der Waals surface area contributed by atoms with Gasteiger partial charge in [-0.15, -0.1) is 0 Å². The summed E-state index contributed by atoms with van der Waals surface area (Å²) in [5.74, 6) is 0.984. The van der Waals surface area contributed by atoms with Crippen molar-refractivity contribution < 1.29 is 9.53 Å². The Morgan fingerprint density at radius 1 is 1.31 bits per heavy atom. The van der Waals surface area contributed by atoms with Crippen LogP contribution in [0.25, 0.3) is 0 Å². The van der Waals surface area contributed by atoms with Gasteiger partial charge in [-0.25, -0.2) is 0 Å². The second-order valence-electron chi connectivity index (χ2n) is 5.14. The molecule has 1 spiro atoms. The van der Waals surface area contributed by atoms with Crippen molar-refractivity contribution in [2.75, 3.05) is 20.7 Å². The molecule has 0 unspecified atom stereocenters. The molecule has 1 saturated carbocycles. The third-order valence-electron chi connectivity index (χ3n) is 4.10. The molecule has 0 atom stereocenters. The monoisotopic (exact) mass is 223 g/mol. The van der Waals surface area contributed by atoms with E-state index in [0.717, 1.165) is 30.7 Å². The predicted octanol–water partition coefficient (Wildman–Crippen LogP) is 2.33. The number of carbonyl (C=O) groups is 1. The van der Waals surface area contributed by atoms with Crippen LogP contribution in [0.1, 0.15) is 39.0 Å². The van der Waals surface area contributed by atoms with Crippen LogP contribution in [0.5, 0.6) is 0 Å². The van der Waals surface area contributed by atoms with Crippen molar-refractivity contribution in [3.63, 3.8) is 0 Å². The zero-order valence-electron chi connectivity index (χ0n) is 10.5. The molecule has 1 aliphatic carbocycles. The summed E-state index contributed by atoms with van der Waals surface area (Å²) >= 11 is 0. The Morgan fingerprint density at radius 2 is 1.94 bits per heavy atom. The number of carbonyl (C=O) groups excluding carboxylic acids is 1. The number of amides is 1. The van der Waals surface area contributed by atoms with Gasteiger partial charge in [-0.2, -0.15) is 0 Å². The summed E-state index contributed by atoms with van der Waals surface area (Å²) in [6.45, 7) is 2.80. The minimum Gasteiger partial charge on any atom is -0.501 e. The van der Waals surface area contributed by atoms with Gasteiger partial charge in [0.15, 0.2) is 0 Å². The first-order valence-electron chi connectivity index (χ1n) is 6.11. The van der Waals surface area contributed by atoms with Crippen LogP contribution < -0.4 is 0 Å². The molecule has 2 aliphatic rings. The molecular weight excluding hydrogens is 202 g/mol. The second-order valence-corrected chi connectivity index (χ2v) is 5.14. The zero-order valence-corrected chi connectivity index (χ0v) is 10.5. The molecule has 1 saturated heterocycles. The Hall–Kier alpha value is -0.990. The van der Waals surface area contributed by atoms with E-state index in [1.165, 1.54) is 19.3 Å². The molecule has 0 radical (unpaired) electrons. The van der Waals surface area contributed by atoms with Crippen LogP contribution in [0.15, 0.2) is 11.3 Å². The molecule has 3 heteroatoms. The van der Waals surface area contributed by atoms with Crippen molar-refractivity contribution >= 4 is 5.91 Å². The van der Waals surface area contributed by atoms with Gasteiger partial charge in [0.2, 0.25) is 0 Å². The average molecular weight is 223 g/mol. The Kier molecular flexibility index (Phi) is 2.96. The van der Waals surface area contributed by atoms with Crippen LogP contribution in [0, 0.1) is 5.41 Å². The number of nitrogens with zero attached hydrogens (tertiary/aromatic N) is 1. The molecule has 1 amide bonds. The third kappa shape index (κ3) is 1.62. The van der Waals surface area contributed by atoms with Crippen molar-refractivity contribution in [1.82, 2.24) is 4.90 Å². The Labute approximate surface area is 97.5 Å². The molecule has 1 heterocycles. The largest absolute Gasteiger partial charge is 0.501 e. The first-order chi connectivity index (χ1) is 7.60. The minimum atomic E-state index is 0.0875. The number of methoxy groups -OCH3 is 1. The number of likely N-dealkylation sites (tertiary alicyclic amines) is 1. The minimum absolute atomic E-state index is 0.0875. The Bertz CT molecular complexity index is 327. The predicted molar refractivity (Wildman–Crippen MR) is 62.9 cm³/mol. The number of rotatable bonds is 1. The summed E-state index contributed by atoms with van der Waals surface area (Å²) in [7, 11) is 3.55. The van der Waals surface area contributed by atoms with Crippen LogP contribution >= 0.6 is 0 Å². The molecule has 3 nitrogen and oxygen atoms in total. The number of hydrogen-bond donors (Lipinski definition) is 0. The van der Waals surface area contributed by atoms with Gasteiger partial charge in [-0.1, -0.05) is 19.3 Å². The van der Waals surface area contributed by atoms with Crippen molar-refractivity contribution in [3.8, 4) is 0 Å². The quantitative estimate of drug-likeness (QED) is 0.504. The lowest BCUT2D eigenvalue weighted by Gasteiger charge is -2.33. The summed E-state index contributed by atoms with van der Waals surface area (Å²) in [5, 5.41) is 0. The van der Waals surface area contributed by atoms with Gasteiger partial charge >= 0.3 is 0 Å². The van der Waals surface area contributed by atoms with Crippen molar-refractivity contribution in [3.05, 3.63) is 11.3 Å². The van der Waals surface area contributed by atoms with E-state index in [4.69, 9.17) is 4.74 Å². The molecule has 0 bridgehead atoms. The first kappa shape index (κ1) is 11.5. The lowest BCUT2D eigenvalue weighted by molar-refractivity contribution is -0.123. The molecular formula is C13H21NO2. The maximum Gasteiger partial charge on any atom is 0.253 e. The normalized spacial score (nSPS) is 27.4. The van der Waals surface area contributed by atoms with E-state index in [-0.39, 0.29) is 11.3 Å². The van der Waals surface area contributed by atoms with E-state index in [1.807, 2.05) is 18.9 Å². The maximum atomic E-state index is 12.2. The van der Waals surface area contributed by atoms with E-state index in [9.17, 15) is 4.79 Å². The van der Waals surface area contributed by atoms with Crippen molar-refractivity contribution in [2.45, 2.75) is 39.0 Å². The topological polar surface area (TPSA) is 29.5 Å². The fourth-order valence-electron chi connectivity index (χ4n) is 3.29. The summed E-state index contributed by atoms with van der Waals surface area (Å²) < 4.78 is 5.31. The molecule has 0 aromatic carbocycles. The van der Waals surface area contributed by atoms with Crippen LogP contribution in [-0.2, 0) is 9.53 Å². The van der Waals surface area contributed by atoms with Crippen molar-refractivity contribution in [2.24, 2.45) is 5.41 Å². The van der Waals surface area contributed by atoms with Gasteiger partial charge in [0.25, 0.3) is 5.91 Å². The Balaban J connectivity index is 2.40. The van der Waals surface area contributed by atoms with Crippen LogP contribution in [0.2, 0.25) is 0 Å². The van der Waals surface area contributed by atoms with Gasteiger partial charge in [0.1, 0.15) is 5.76 Å². The Morgan fingerprint density at radius 3 is 2.50 bits per heavy atom. The van der Waals surface area contributed by atoms with Crippen LogP contribution in [-0.4, -0.2) is 31.5 Å². The first-order valence-corrected chi connectivity index (χ1v) is 6.11. The molecule has 0 N–H and O–H groups in total. The average Bonchev–Trinajstić information content (AvgIpc) is 2.51. The molecule has 1 aliphatic heterocycles. The number of ether oxygens (including phenoxy) is 1. The molecule has 2 rings (SSSR count). The van der Waals surface area contributed by atoms with Crippen LogP contribution in [0.4, 0.5) is 0 Å². The zero-order chi connectivity index (χ0) is 11.8. The third-order valence-corrected chi connectivity index (χ3v) is 4.10. The summed E-state index contributed by atoms with van der Waals surface area (Å²) in [6.07, 6.45) is 6.06. The SMILES string of the molecule is CO/C(C)=C1/C(=O)N(C)CC12CCCCC2. The highest BCUT2D eigenvalue weighted by Crippen LogP contribution is 2.48.